The van der Waals surface area contributed by atoms with Crippen molar-refractivity contribution < 1.29 is 22.3 Å². The van der Waals surface area contributed by atoms with Gasteiger partial charge >= 0.3 is 6.18 Å². The van der Waals surface area contributed by atoms with Crippen LogP contribution in [-0.4, -0.2) is 62.1 Å². The van der Waals surface area contributed by atoms with Crippen LogP contribution in [0.1, 0.15) is 17.5 Å². The van der Waals surface area contributed by atoms with Crippen LogP contribution >= 0.6 is 0 Å². The smallest absolute Gasteiger partial charge is 0.385 e. The molecule has 0 unspecified atom stereocenters. The number of likely N-dealkylation sites (N-methyl/N-ethyl adjacent to an activating group) is 1. The third-order valence-electron chi connectivity index (χ3n) is 5.78. The van der Waals surface area contributed by atoms with Crippen LogP contribution in [0, 0.1) is 5.82 Å². The van der Waals surface area contributed by atoms with Gasteiger partial charge in [0, 0.05) is 56.7 Å². The lowest BCUT2D eigenvalue weighted by atomic mass is 10.0. The largest absolute Gasteiger partial charge is 0.416 e. The lowest BCUT2D eigenvalue weighted by molar-refractivity contribution is -0.137. The molecule has 4 rings (SSSR count). The molecule has 0 amide bonds. The Kier molecular flexibility index (Phi) is 5.90. The molecule has 166 valence electrons. The van der Waals surface area contributed by atoms with Gasteiger partial charge in [0.05, 0.1) is 16.9 Å². The fourth-order valence-corrected chi connectivity index (χ4v) is 3.98. The van der Waals surface area contributed by atoms with Crippen molar-refractivity contribution in [3.8, 4) is 0 Å². The minimum absolute atomic E-state index is 0.161. The molecule has 5 nitrogen and oxygen atoms in total. The molecule has 1 N–H and O–H groups in total. The number of alkyl halides is 3. The molecule has 1 fully saturated rings. The summed E-state index contributed by atoms with van der Waals surface area (Å²) in [5.74, 6) is -0.0459. The highest BCUT2D eigenvalue weighted by Crippen LogP contribution is 2.38. The number of anilines is 2. The molecule has 2 aromatic carbocycles. The van der Waals surface area contributed by atoms with E-state index in [-0.39, 0.29) is 6.04 Å². The van der Waals surface area contributed by atoms with E-state index in [0.717, 1.165) is 25.1 Å². The number of hydrogen-bond acceptors (Lipinski definition) is 5. The van der Waals surface area contributed by atoms with Crippen molar-refractivity contribution in [2.45, 2.75) is 18.6 Å². The van der Waals surface area contributed by atoms with E-state index in [9.17, 15) is 17.6 Å². The highest BCUT2D eigenvalue weighted by atomic mass is 19.4. The molecular weight excluding hydrogens is 412 g/mol. The number of rotatable bonds is 3. The predicted octanol–water partition coefficient (Wildman–Crippen LogP) is 4.63. The Morgan fingerprint density at radius 2 is 1.90 bits per heavy atom. The minimum Gasteiger partial charge on any atom is -0.385 e. The van der Waals surface area contributed by atoms with Gasteiger partial charge in [0.2, 0.25) is 0 Å². The summed E-state index contributed by atoms with van der Waals surface area (Å²) in [6, 6.07) is 7.86. The summed E-state index contributed by atoms with van der Waals surface area (Å²) >= 11 is 0. The summed E-state index contributed by atoms with van der Waals surface area (Å²) in [4.78, 5) is 8.85. The average molecular weight is 436 g/mol. The maximum Gasteiger partial charge on any atom is 0.416 e. The summed E-state index contributed by atoms with van der Waals surface area (Å²) in [6.07, 6.45) is -3.69. The zero-order chi connectivity index (χ0) is 22.2. The number of benzene rings is 2. The molecule has 2 aliphatic heterocycles. The molecular formula is C22H24F4N4O. The van der Waals surface area contributed by atoms with Crippen molar-refractivity contribution in [2.75, 3.05) is 45.7 Å². The van der Waals surface area contributed by atoms with E-state index in [1.165, 1.54) is 18.2 Å². The van der Waals surface area contributed by atoms with E-state index in [2.05, 4.69) is 15.2 Å². The molecule has 2 heterocycles. The number of piperazine rings is 1. The SMILES string of the molecule is COCC[C@H]1CN(C2=Nc3cc(F)ccc3Nc3ccc(C(F)(F)F)cc32)CCN1C. The number of ether oxygens (including phenoxy) is 1. The van der Waals surface area contributed by atoms with Gasteiger partial charge in [-0.1, -0.05) is 0 Å². The summed E-state index contributed by atoms with van der Waals surface area (Å²) in [7, 11) is 3.66. The van der Waals surface area contributed by atoms with Crippen molar-refractivity contribution in [1.82, 2.24) is 9.80 Å². The monoisotopic (exact) mass is 436 g/mol. The van der Waals surface area contributed by atoms with E-state index in [1.807, 2.05) is 11.9 Å². The van der Waals surface area contributed by atoms with Crippen molar-refractivity contribution in [3.63, 3.8) is 0 Å². The number of nitrogens with one attached hydrogen (secondary N) is 1. The van der Waals surface area contributed by atoms with Gasteiger partial charge in [0.15, 0.2) is 0 Å². The van der Waals surface area contributed by atoms with Gasteiger partial charge in [-0.15, -0.1) is 0 Å². The number of amidine groups is 1. The number of aliphatic imine (C=N–C) groups is 1. The van der Waals surface area contributed by atoms with Gasteiger partial charge in [0.25, 0.3) is 0 Å². The lowest BCUT2D eigenvalue weighted by Gasteiger charge is -2.41. The molecule has 0 bridgehead atoms. The second kappa shape index (κ2) is 8.47. The van der Waals surface area contributed by atoms with Crippen LogP contribution in [0.5, 0.6) is 0 Å². The zero-order valence-electron chi connectivity index (χ0n) is 17.3. The van der Waals surface area contributed by atoms with Crippen molar-refractivity contribution >= 4 is 22.9 Å². The molecule has 2 aromatic rings. The third-order valence-corrected chi connectivity index (χ3v) is 5.78. The Bertz CT molecular complexity index is 992. The predicted molar refractivity (Wildman–Crippen MR) is 112 cm³/mol. The first-order chi connectivity index (χ1) is 14.8. The number of hydrogen-bond donors (Lipinski definition) is 1. The summed E-state index contributed by atoms with van der Waals surface area (Å²) in [5.41, 5.74) is 1.00. The fourth-order valence-electron chi connectivity index (χ4n) is 3.98. The lowest BCUT2D eigenvalue weighted by Crippen LogP contribution is -2.53. The molecule has 9 heteroatoms. The topological polar surface area (TPSA) is 40.1 Å². The first kappa shape index (κ1) is 21.6. The second-order valence-corrected chi connectivity index (χ2v) is 7.84. The Labute approximate surface area is 178 Å². The first-order valence-electron chi connectivity index (χ1n) is 10.1. The van der Waals surface area contributed by atoms with E-state index in [1.54, 1.807) is 13.2 Å². The van der Waals surface area contributed by atoms with Crippen LogP contribution in [0.15, 0.2) is 41.4 Å². The van der Waals surface area contributed by atoms with Crippen molar-refractivity contribution in [3.05, 3.63) is 53.3 Å². The molecule has 0 aliphatic carbocycles. The van der Waals surface area contributed by atoms with Gasteiger partial charge in [-0.2, -0.15) is 13.2 Å². The molecule has 0 aromatic heterocycles. The highest BCUT2D eigenvalue weighted by Gasteiger charge is 2.34. The van der Waals surface area contributed by atoms with Crippen LogP contribution in [-0.2, 0) is 10.9 Å². The zero-order valence-corrected chi connectivity index (χ0v) is 17.3. The normalized spacial score (nSPS) is 19.2. The van der Waals surface area contributed by atoms with Gasteiger partial charge in [0.1, 0.15) is 11.7 Å². The van der Waals surface area contributed by atoms with E-state index < -0.39 is 17.6 Å². The van der Waals surface area contributed by atoms with Gasteiger partial charge in [-0.05, 0) is 43.8 Å². The number of fused-ring (bicyclic) bond motifs is 2. The average Bonchev–Trinajstić information content (AvgIpc) is 2.88. The Morgan fingerprint density at radius 3 is 2.65 bits per heavy atom. The molecule has 0 spiro atoms. The number of nitrogens with zero attached hydrogens (tertiary/aromatic N) is 3. The second-order valence-electron chi connectivity index (χ2n) is 7.84. The molecule has 1 atom stereocenters. The van der Waals surface area contributed by atoms with Crippen molar-refractivity contribution in [1.29, 1.82) is 0 Å². The fraction of sp³-hybridized carbons (Fsp3) is 0.409. The van der Waals surface area contributed by atoms with E-state index in [4.69, 9.17) is 4.74 Å². The summed E-state index contributed by atoms with van der Waals surface area (Å²) in [5, 5.41) is 3.13. The van der Waals surface area contributed by atoms with Gasteiger partial charge in [-0.25, -0.2) is 9.38 Å². The maximum absolute atomic E-state index is 13.9. The number of methoxy groups -OCH3 is 1. The van der Waals surface area contributed by atoms with Crippen LogP contribution in [0.3, 0.4) is 0 Å². The van der Waals surface area contributed by atoms with Crippen molar-refractivity contribution in [2.24, 2.45) is 4.99 Å². The quantitative estimate of drug-likeness (QED) is 0.713. The van der Waals surface area contributed by atoms with Crippen LogP contribution < -0.4 is 5.32 Å². The number of halogens is 4. The van der Waals surface area contributed by atoms with Crippen LogP contribution in [0.4, 0.5) is 34.6 Å². The third kappa shape index (κ3) is 4.52. The summed E-state index contributed by atoms with van der Waals surface area (Å²) < 4.78 is 59.5. The minimum atomic E-state index is -4.48. The summed E-state index contributed by atoms with van der Waals surface area (Å²) in [6.45, 7) is 2.49. The molecule has 1 saturated heterocycles. The molecule has 31 heavy (non-hydrogen) atoms. The van der Waals surface area contributed by atoms with Gasteiger partial charge < -0.3 is 15.0 Å². The van der Waals surface area contributed by atoms with Crippen LogP contribution in [0.2, 0.25) is 0 Å². The Balaban J connectivity index is 1.80. The van der Waals surface area contributed by atoms with Gasteiger partial charge in [-0.3, -0.25) is 4.90 Å². The molecule has 0 radical (unpaired) electrons. The Hall–Kier alpha value is -2.65. The maximum atomic E-state index is 13.9. The highest BCUT2D eigenvalue weighted by molar-refractivity contribution is 6.08. The van der Waals surface area contributed by atoms with E-state index in [0.29, 0.717) is 48.2 Å². The Morgan fingerprint density at radius 1 is 1.13 bits per heavy atom. The molecule has 2 aliphatic rings. The van der Waals surface area contributed by atoms with E-state index >= 15 is 0 Å². The molecule has 0 saturated carbocycles. The standard InChI is InChI=1S/C22H24F4N4O/c1-29-8-9-30(13-16(29)7-10-31-2)21-17-11-14(22(24,25)26)3-5-18(17)27-19-6-4-15(23)12-20(19)28-21/h3-6,11-12,16,27H,7-10,13H2,1-2H3/t16-/m0/s1. The first-order valence-corrected chi connectivity index (χ1v) is 10.1. The van der Waals surface area contributed by atoms with Crippen LogP contribution in [0.25, 0.3) is 0 Å².